The van der Waals surface area contributed by atoms with Crippen molar-refractivity contribution in [1.29, 1.82) is 0 Å². The molecule has 0 spiro atoms. The average molecular weight is 311 g/mol. The van der Waals surface area contributed by atoms with E-state index in [0.717, 1.165) is 26.1 Å². The summed E-state index contributed by atoms with van der Waals surface area (Å²) in [5.41, 5.74) is 1.34. The molecule has 0 fully saturated rings. The van der Waals surface area contributed by atoms with Crippen LogP contribution in [0.5, 0.6) is 0 Å². The van der Waals surface area contributed by atoms with Gasteiger partial charge in [-0.15, -0.1) is 0 Å². The Hall–Kier alpha value is -0.650. The molecule has 1 heterocycles. The normalized spacial score (nSPS) is 18.0. The van der Waals surface area contributed by atoms with Crippen LogP contribution in [0.2, 0.25) is 0 Å². The Morgan fingerprint density at radius 1 is 1.29 bits per heavy atom. The van der Waals surface area contributed by atoms with Gasteiger partial charge in [0, 0.05) is 24.5 Å². The van der Waals surface area contributed by atoms with Crippen LogP contribution in [0.1, 0.15) is 49.2 Å². The third-order valence-corrected chi connectivity index (χ3v) is 5.33. The molecule has 0 saturated carbocycles. The summed E-state index contributed by atoms with van der Waals surface area (Å²) in [6, 6.07) is 0.537. The van der Waals surface area contributed by atoms with Gasteiger partial charge >= 0.3 is 0 Å². The van der Waals surface area contributed by atoms with E-state index in [1.54, 1.807) is 0 Å². The fraction of sp³-hybridized carbons (Fsp3) is 0.812. The van der Waals surface area contributed by atoms with Crippen LogP contribution >= 0.6 is 11.3 Å². The quantitative estimate of drug-likeness (QED) is 0.800. The van der Waals surface area contributed by atoms with Crippen LogP contribution < -0.4 is 10.2 Å². The van der Waals surface area contributed by atoms with Crippen molar-refractivity contribution in [3.63, 3.8) is 0 Å². The Balaban J connectivity index is 1.97. The van der Waals surface area contributed by atoms with Crippen LogP contribution in [0.4, 0.5) is 5.13 Å². The lowest BCUT2D eigenvalue weighted by Gasteiger charge is -2.22. The van der Waals surface area contributed by atoms with Gasteiger partial charge in [0.05, 0.1) is 5.69 Å². The highest BCUT2D eigenvalue weighted by Crippen LogP contribution is 2.37. The van der Waals surface area contributed by atoms with Gasteiger partial charge in [-0.05, 0) is 59.3 Å². The van der Waals surface area contributed by atoms with Crippen LogP contribution in [-0.2, 0) is 6.42 Å². The zero-order valence-corrected chi connectivity index (χ0v) is 14.8. The molecule has 0 amide bonds. The molecule has 21 heavy (non-hydrogen) atoms. The minimum Gasteiger partial charge on any atom is -0.351 e. The van der Waals surface area contributed by atoms with E-state index in [0.29, 0.717) is 6.04 Å². The molecule has 120 valence electrons. The summed E-state index contributed by atoms with van der Waals surface area (Å²) in [6.45, 7) is 5.55. The lowest BCUT2D eigenvalue weighted by Crippen LogP contribution is -2.24. The molecule has 0 bridgehead atoms. The molecule has 1 aliphatic carbocycles. The van der Waals surface area contributed by atoms with Crippen LogP contribution in [0.25, 0.3) is 0 Å². The minimum atomic E-state index is 0.537. The zero-order valence-electron chi connectivity index (χ0n) is 14.0. The van der Waals surface area contributed by atoms with Gasteiger partial charge in [-0.3, -0.25) is 0 Å². The molecule has 1 aromatic rings. The highest BCUT2D eigenvalue weighted by molar-refractivity contribution is 7.15. The molecule has 0 aliphatic heterocycles. The number of nitrogens with one attached hydrogen (secondary N) is 1. The molecule has 2 rings (SSSR count). The smallest absolute Gasteiger partial charge is 0.185 e. The SMILES string of the molecule is CCCNC1CCCc2nc(N(C)CCCN(C)C)sc21. The molecule has 5 heteroatoms. The van der Waals surface area contributed by atoms with E-state index in [1.165, 1.54) is 41.4 Å². The van der Waals surface area contributed by atoms with E-state index >= 15 is 0 Å². The monoisotopic (exact) mass is 310 g/mol. The average Bonchev–Trinajstić information content (AvgIpc) is 2.89. The molecule has 4 nitrogen and oxygen atoms in total. The second-order valence-corrected chi connectivity index (χ2v) is 7.29. The first-order chi connectivity index (χ1) is 10.1. The van der Waals surface area contributed by atoms with Gasteiger partial charge in [0.15, 0.2) is 5.13 Å². The molecular formula is C16H30N4S. The predicted octanol–water partition coefficient (Wildman–Crippen LogP) is 2.91. The van der Waals surface area contributed by atoms with Crippen molar-refractivity contribution >= 4 is 16.5 Å². The summed E-state index contributed by atoms with van der Waals surface area (Å²) >= 11 is 1.90. The lowest BCUT2D eigenvalue weighted by atomic mass is 9.98. The van der Waals surface area contributed by atoms with Crippen molar-refractivity contribution in [1.82, 2.24) is 15.2 Å². The first kappa shape index (κ1) is 16.7. The topological polar surface area (TPSA) is 31.4 Å². The molecule has 0 aromatic carbocycles. The summed E-state index contributed by atoms with van der Waals surface area (Å²) in [5, 5.41) is 4.88. The van der Waals surface area contributed by atoms with Gasteiger partial charge in [-0.1, -0.05) is 18.3 Å². The first-order valence-corrected chi connectivity index (χ1v) is 9.02. The summed E-state index contributed by atoms with van der Waals surface area (Å²) in [5.74, 6) is 0. The van der Waals surface area contributed by atoms with E-state index in [4.69, 9.17) is 4.98 Å². The number of hydrogen-bond acceptors (Lipinski definition) is 5. The maximum absolute atomic E-state index is 4.90. The number of aromatic nitrogens is 1. The molecule has 1 aromatic heterocycles. The second kappa shape index (κ2) is 8.11. The number of rotatable bonds is 8. The van der Waals surface area contributed by atoms with E-state index in [2.05, 4.69) is 43.2 Å². The van der Waals surface area contributed by atoms with Gasteiger partial charge in [0.1, 0.15) is 0 Å². The number of anilines is 1. The molecule has 1 atom stereocenters. The number of fused-ring (bicyclic) bond motifs is 1. The lowest BCUT2D eigenvalue weighted by molar-refractivity contribution is 0.401. The number of nitrogens with zero attached hydrogens (tertiary/aromatic N) is 3. The second-order valence-electron chi connectivity index (χ2n) is 6.28. The van der Waals surface area contributed by atoms with Crippen LogP contribution in [0.3, 0.4) is 0 Å². The molecule has 1 unspecified atom stereocenters. The van der Waals surface area contributed by atoms with Gasteiger partial charge in [-0.2, -0.15) is 0 Å². The van der Waals surface area contributed by atoms with E-state index in [9.17, 15) is 0 Å². The van der Waals surface area contributed by atoms with Crippen LogP contribution in [0, 0.1) is 0 Å². The fourth-order valence-electron chi connectivity index (χ4n) is 2.80. The van der Waals surface area contributed by atoms with Crippen molar-refractivity contribution in [2.24, 2.45) is 0 Å². The van der Waals surface area contributed by atoms with E-state index < -0.39 is 0 Å². The Labute approximate surface area is 133 Å². The molecule has 1 N–H and O–H groups in total. The van der Waals surface area contributed by atoms with Crippen molar-refractivity contribution in [3.8, 4) is 0 Å². The van der Waals surface area contributed by atoms with Gasteiger partial charge < -0.3 is 15.1 Å². The van der Waals surface area contributed by atoms with E-state index in [1.807, 2.05) is 11.3 Å². The summed E-state index contributed by atoms with van der Waals surface area (Å²) < 4.78 is 0. The third-order valence-electron chi connectivity index (χ3n) is 4.01. The molecule has 1 aliphatic rings. The highest BCUT2D eigenvalue weighted by atomic mass is 32.1. The third kappa shape index (κ3) is 4.66. The molecular weight excluding hydrogens is 280 g/mol. The summed E-state index contributed by atoms with van der Waals surface area (Å²) in [7, 11) is 6.44. The largest absolute Gasteiger partial charge is 0.351 e. The van der Waals surface area contributed by atoms with Crippen molar-refractivity contribution in [2.75, 3.05) is 45.7 Å². The Morgan fingerprint density at radius 2 is 2.10 bits per heavy atom. The summed E-state index contributed by atoms with van der Waals surface area (Å²) in [4.78, 5) is 11.0. The number of aryl methyl sites for hydroxylation is 1. The van der Waals surface area contributed by atoms with Crippen molar-refractivity contribution in [2.45, 2.75) is 45.1 Å². The van der Waals surface area contributed by atoms with Gasteiger partial charge in [-0.25, -0.2) is 4.98 Å². The Morgan fingerprint density at radius 3 is 2.81 bits per heavy atom. The Bertz CT molecular complexity index is 430. The van der Waals surface area contributed by atoms with Gasteiger partial charge in [0.2, 0.25) is 0 Å². The number of thiazole rings is 1. The van der Waals surface area contributed by atoms with Crippen LogP contribution in [0.15, 0.2) is 0 Å². The van der Waals surface area contributed by atoms with Crippen LogP contribution in [-0.4, -0.2) is 50.7 Å². The van der Waals surface area contributed by atoms with Gasteiger partial charge in [0.25, 0.3) is 0 Å². The standard InChI is InChI=1S/C16H30N4S/c1-5-10-17-13-8-6-9-14-15(13)21-16(18-14)20(4)12-7-11-19(2)3/h13,17H,5-12H2,1-4H3. The zero-order chi connectivity index (χ0) is 15.2. The highest BCUT2D eigenvalue weighted by Gasteiger charge is 2.24. The van der Waals surface area contributed by atoms with Crippen molar-refractivity contribution in [3.05, 3.63) is 10.6 Å². The maximum atomic E-state index is 4.90. The minimum absolute atomic E-state index is 0.537. The number of hydrogen-bond donors (Lipinski definition) is 1. The molecule has 0 radical (unpaired) electrons. The maximum Gasteiger partial charge on any atom is 0.185 e. The van der Waals surface area contributed by atoms with Crippen molar-refractivity contribution < 1.29 is 0 Å². The predicted molar refractivity (Wildman–Crippen MR) is 92.5 cm³/mol. The first-order valence-electron chi connectivity index (χ1n) is 8.20. The van der Waals surface area contributed by atoms with E-state index in [-0.39, 0.29) is 0 Å². The fourth-order valence-corrected chi connectivity index (χ4v) is 4.01. The summed E-state index contributed by atoms with van der Waals surface area (Å²) in [6.07, 6.45) is 6.07. The Kier molecular flexibility index (Phi) is 6.45. The molecule has 0 saturated heterocycles.